The van der Waals surface area contributed by atoms with E-state index in [-0.39, 0.29) is 5.92 Å². The highest BCUT2D eigenvalue weighted by Crippen LogP contribution is 2.29. The van der Waals surface area contributed by atoms with Gasteiger partial charge in [-0.25, -0.2) is 0 Å². The fraction of sp³-hybridized carbons (Fsp3) is 0.484. The van der Waals surface area contributed by atoms with Gasteiger partial charge in [-0.2, -0.15) is 0 Å². The molecule has 0 saturated carbocycles. The van der Waals surface area contributed by atoms with Crippen LogP contribution in [0.3, 0.4) is 0 Å². The fourth-order valence-electron chi connectivity index (χ4n) is 3.99. The van der Waals surface area contributed by atoms with Gasteiger partial charge in [-0.3, -0.25) is 4.79 Å². The Bertz CT molecular complexity index is 1060. The van der Waals surface area contributed by atoms with Crippen LogP contribution in [0.2, 0.25) is 0 Å². The summed E-state index contributed by atoms with van der Waals surface area (Å²) in [5.41, 5.74) is 2.55. The molecule has 1 heterocycles. The van der Waals surface area contributed by atoms with Crippen LogP contribution in [0, 0.1) is 5.92 Å². The van der Waals surface area contributed by atoms with Gasteiger partial charge >= 0.3 is 5.97 Å². The smallest absolute Gasteiger partial charge is 0.329 e. The monoisotopic (exact) mass is 525 g/mol. The Hall–Kier alpha value is -2.79. The quantitative estimate of drug-likeness (QED) is 0.0807. The molecule has 1 aromatic heterocycles. The Morgan fingerprint density at radius 3 is 2.11 bits per heavy atom. The van der Waals surface area contributed by atoms with Crippen molar-refractivity contribution in [1.29, 1.82) is 0 Å². The van der Waals surface area contributed by atoms with Gasteiger partial charge in [0.05, 0.1) is 6.61 Å². The summed E-state index contributed by atoms with van der Waals surface area (Å²) in [4.78, 5) is 12.2. The molecule has 0 N–H and O–H groups in total. The lowest BCUT2D eigenvalue weighted by atomic mass is 10.1. The molecule has 200 valence electrons. The first kappa shape index (κ1) is 28.8. The van der Waals surface area contributed by atoms with Gasteiger partial charge in [0, 0.05) is 17.2 Å². The highest BCUT2D eigenvalue weighted by atomic mass is 35.5. The van der Waals surface area contributed by atoms with Crippen LogP contribution in [-0.4, -0.2) is 23.1 Å². The molecule has 5 nitrogen and oxygen atoms in total. The average Bonchev–Trinajstić information content (AvgIpc) is 3.42. The second-order valence-corrected chi connectivity index (χ2v) is 10.1. The molecule has 0 aliphatic heterocycles. The third-order valence-electron chi connectivity index (χ3n) is 6.65. The number of hydrogen-bond acceptors (Lipinski definition) is 5. The van der Waals surface area contributed by atoms with Gasteiger partial charge in [0.25, 0.3) is 0 Å². The SMILES string of the molecule is CCCCCCCCCCOc1ccc(-c2cc(-c3ccc(OC(=O)[C@@H](Cl)[C@@H](C)CC)cc3)on2)cc1. The molecule has 0 aliphatic carbocycles. The van der Waals surface area contributed by atoms with Crippen molar-refractivity contribution in [2.45, 2.75) is 83.9 Å². The number of carbonyl (C=O) groups is 1. The minimum Gasteiger partial charge on any atom is -0.494 e. The zero-order chi connectivity index (χ0) is 26.5. The largest absolute Gasteiger partial charge is 0.494 e. The lowest BCUT2D eigenvalue weighted by Gasteiger charge is -2.14. The van der Waals surface area contributed by atoms with Crippen molar-refractivity contribution in [3.8, 4) is 34.1 Å². The predicted molar refractivity (Wildman–Crippen MR) is 150 cm³/mol. The fourth-order valence-corrected chi connectivity index (χ4v) is 4.22. The number of aromatic nitrogens is 1. The molecule has 0 radical (unpaired) electrons. The standard InChI is InChI=1S/C31H40ClNO4/c1-4-6-7-8-9-10-11-12-21-35-26-17-13-24(14-18-26)28-22-29(37-33-28)25-15-19-27(20-16-25)36-31(34)30(32)23(3)5-2/h13-20,22-23,30H,4-12,21H2,1-3H3/t23-,30-/m0/s1. The maximum Gasteiger partial charge on any atom is 0.329 e. The van der Waals surface area contributed by atoms with Crippen molar-refractivity contribution in [1.82, 2.24) is 5.16 Å². The first-order valence-corrected chi connectivity index (χ1v) is 14.1. The molecule has 2 aromatic carbocycles. The highest BCUT2D eigenvalue weighted by Gasteiger charge is 2.23. The van der Waals surface area contributed by atoms with E-state index in [0.717, 1.165) is 42.0 Å². The number of halogens is 1. The molecule has 0 fully saturated rings. The Morgan fingerprint density at radius 2 is 1.46 bits per heavy atom. The van der Waals surface area contributed by atoms with Crippen LogP contribution in [0.15, 0.2) is 59.1 Å². The maximum absolute atomic E-state index is 12.2. The summed E-state index contributed by atoms with van der Waals surface area (Å²) in [5, 5.41) is 3.56. The Labute approximate surface area is 226 Å². The van der Waals surface area contributed by atoms with Gasteiger partial charge < -0.3 is 14.0 Å². The van der Waals surface area contributed by atoms with E-state index in [9.17, 15) is 4.79 Å². The molecule has 0 bridgehead atoms. The third kappa shape index (κ3) is 9.23. The lowest BCUT2D eigenvalue weighted by molar-refractivity contribution is -0.134. The van der Waals surface area contributed by atoms with Crippen molar-refractivity contribution in [2.75, 3.05) is 6.61 Å². The van der Waals surface area contributed by atoms with Crippen molar-refractivity contribution >= 4 is 17.6 Å². The number of ether oxygens (including phenoxy) is 2. The summed E-state index contributed by atoms with van der Waals surface area (Å²) < 4.78 is 16.9. The van der Waals surface area contributed by atoms with Gasteiger partial charge in [0.15, 0.2) is 5.76 Å². The lowest BCUT2D eigenvalue weighted by Crippen LogP contribution is -2.26. The topological polar surface area (TPSA) is 61.6 Å². The van der Waals surface area contributed by atoms with E-state index in [1.807, 2.05) is 56.3 Å². The number of unbranched alkanes of at least 4 members (excludes halogenated alkanes) is 7. The van der Waals surface area contributed by atoms with Gasteiger partial charge in [-0.05, 0) is 60.9 Å². The molecule has 6 heteroatoms. The van der Waals surface area contributed by atoms with Gasteiger partial charge in [-0.15, -0.1) is 11.6 Å². The van der Waals surface area contributed by atoms with Crippen molar-refractivity contribution < 1.29 is 18.8 Å². The molecule has 0 amide bonds. The van der Waals surface area contributed by atoms with E-state index in [0.29, 0.717) is 11.5 Å². The molecule has 3 aromatic rings. The normalized spacial score (nSPS) is 12.8. The number of hydrogen-bond donors (Lipinski definition) is 0. The van der Waals surface area contributed by atoms with E-state index in [4.69, 9.17) is 25.6 Å². The number of esters is 1. The van der Waals surface area contributed by atoms with E-state index >= 15 is 0 Å². The molecule has 3 rings (SSSR count). The van der Waals surface area contributed by atoms with Crippen LogP contribution >= 0.6 is 11.6 Å². The Morgan fingerprint density at radius 1 is 0.865 bits per heavy atom. The minimum atomic E-state index is -0.664. The maximum atomic E-state index is 12.2. The van der Waals surface area contributed by atoms with Crippen molar-refractivity contribution in [3.05, 3.63) is 54.6 Å². The van der Waals surface area contributed by atoms with Crippen LogP contribution in [0.4, 0.5) is 0 Å². The Balaban J connectivity index is 1.46. The summed E-state index contributed by atoms with van der Waals surface area (Å²) in [5.74, 6) is 1.57. The number of nitrogens with zero attached hydrogens (tertiary/aromatic N) is 1. The first-order valence-electron chi connectivity index (χ1n) is 13.7. The highest BCUT2D eigenvalue weighted by molar-refractivity contribution is 6.30. The van der Waals surface area contributed by atoms with E-state index in [2.05, 4.69) is 12.1 Å². The molecule has 37 heavy (non-hydrogen) atoms. The average molecular weight is 526 g/mol. The third-order valence-corrected chi connectivity index (χ3v) is 7.26. The molecule has 0 spiro atoms. The second-order valence-electron chi connectivity index (χ2n) is 9.66. The summed E-state index contributed by atoms with van der Waals surface area (Å²) >= 11 is 6.18. The summed E-state index contributed by atoms with van der Waals surface area (Å²) in [7, 11) is 0. The van der Waals surface area contributed by atoms with Crippen LogP contribution in [-0.2, 0) is 4.79 Å². The minimum absolute atomic E-state index is 0.0524. The summed E-state index contributed by atoms with van der Waals surface area (Å²) in [6.07, 6.45) is 11.1. The molecule has 2 atom stereocenters. The summed E-state index contributed by atoms with van der Waals surface area (Å²) in [6, 6.07) is 17.0. The predicted octanol–water partition coefficient (Wildman–Crippen LogP) is 9.09. The van der Waals surface area contributed by atoms with E-state index < -0.39 is 11.3 Å². The number of rotatable bonds is 16. The van der Waals surface area contributed by atoms with E-state index in [1.165, 1.54) is 44.9 Å². The Kier molecular flexibility index (Phi) is 12.0. The number of alkyl halides is 1. The van der Waals surface area contributed by atoms with Gasteiger partial charge in [0.1, 0.15) is 22.6 Å². The van der Waals surface area contributed by atoms with Crippen LogP contribution < -0.4 is 9.47 Å². The van der Waals surface area contributed by atoms with Crippen LogP contribution in [0.1, 0.15) is 78.6 Å². The van der Waals surface area contributed by atoms with Crippen molar-refractivity contribution in [3.63, 3.8) is 0 Å². The summed E-state index contributed by atoms with van der Waals surface area (Å²) in [6.45, 7) is 6.93. The zero-order valence-corrected chi connectivity index (χ0v) is 23.1. The molecule has 0 saturated heterocycles. The zero-order valence-electron chi connectivity index (χ0n) is 22.4. The second kappa shape index (κ2) is 15.5. The van der Waals surface area contributed by atoms with Crippen LogP contribution in [0.25, 0.3) is 22.6 Å². The number of benzene rings is 2. The molecular formula is C31H40ClNO4. The van der Waals surface area contributed by atoms with Crippen molar-refractivity contribution in [2.24, 2.45) is 5.92 Å². The molecular weight excluding hydrogens is 486 g/mol. The van der Waals surface area contributed by atoms with Gasteiger partial charge in [-0.1, -0.05) is 77.3 Å². The molecule has 0 aliphatic rings. The number of carbonyl (C=O) groups excluding carboxylic acids is 1. The molecule has 0 unspecified atom stereocenters. The van der Waals surface area contributed by atoms with Gasteiger partial charge in [0.2, 0.25) is 0 Å². The first-order chi connectivity index (χ1) is 18.0. The van der Waals surface area contributed by atoms with Crippen LogP contribution in [0.5, 0.6) is 11.5 Å². The van der Waals surface area contributed by atoms with E-state index in [1.54, 1.807) is 12.1 Å².